The van der Waals surface area contributed by atoms with Gasteiger partial charge in [0.15, 0.2) is 0 Å². The lowest BCUT2D eigenvalue weighted by molar-refractivity contribution is -0.117. The third-order valence-electron chi connectivity index (χ3n) is 1.79. The Hall–Kier alpha value is -1.62. The molecule has 116 valence electrons. The number of nitrogens with one attached hydrogen (secondary N) is 2. The van der Waals surface area contributed by atoms with E-state index in [0.717, 1.165) is 6.54 Å². The lowest BCUT2D eigenvalue weighted by Gasteiger charge is -2.05. The van der Waals surface area contributed by atoms with Crippen LogP contribution in [0.25, 0.3) is 0 Å². The maximum absolute atomic E-state index is 11.0. The number of amides is 2. The summed E-state index contributed by atoms with van der Waals surface area (Å²) >= 11 is 0. The maximum Gasteiger partial charge on any atom is 0.243 e. The van der Waals surface area contributed by atoms with E-state index in [1.807, 2.05) is 52.8 Å². The van der Waals surface area contributed by atoms with Crippen LogP contribution in [0.1, 0.15) is 27.7 Å². The summed E-state index contributed by atoms with van der Waals surface area (Å²) in [6.07, 6.45) is 4.68. The zero-order chi connectivity index (χ0) is 16.1. The molecule has 0 radical (unpaired) electrons. The minimum absolute atomic E-state index is 0.0214. The standard InChI is InChI=1S/C9H18N2O.C6H11NO/c1-8(2)10-9(12)6-5-7-11(3)4;1-4-6(8)7-5(2)3/h5-6,8H,7H2,1-4H3,(H,10,12);4-5H,1H2,2-3H3,(H,7,8)/b6-5+;. The van der Waals surface area contributed by atoms with E-state index in [1.54, 1.807) is 6.08 Å². The third-order valence-corrected chi connectivity index (χ3v) is 1.79. The molecule has 0 aromatic rings. The highest BCUT2D eigenvalue weighted by Gasteiger charge is 1.96. The predicted molar refractivity (Wildman–Crippen MR) is 84.4 cm³/mol. The van der Waals surface area contributed by atoms with Gasteiger partial charge in [0.05, 0.1) is 0 Å². The first kappa shape index (κ1) is 20.7. The van der Waals surface area contributed by atoms with Crippen LogP contribution < -0.4 is 10.6 Å². The lowest BCUT2D eigenvalue weighted by atomic mass is 10.3. The van der Waals surface area contributed by atoms with Gasteiger partial charge < -0.3 is 15.5 Å². The van der Waals surface area contributed by atoms with Crippen molar-refractivity contribution >= 4 is 11.8 Å². The van der Waals surface area contributed by atoms with Gasteiger partial charge >= 0.3 is 0 Å². The Morgan fingerprint density at radius 3 is 1.80 bits per heavy atom. The van der Waals surface area contributed by atoms with Crippen LogP contribution in [0.4, 0.5) is 0 Å². The predicted octanol–water partition coefficient (Wildman–Crippen LogP) is 1.33. The number of nitrogens with zero attached hydrogens (tertiary/aromatic N) is 1. The number of likely N-dealkylation sites (N-methyl/N-ethyl adjacent to an activating group) is 1. The molecule has 2 N–H and O–H groups in total. The van der Waals surface area contributed by atoms with Crippen LogP contribution in [0.2, 0.25) is 0 Å². The van der Waals surface area contributed by atoms with Crippen LogP contribution in [-0.2, 0) is 9.59 Å². The maximum atomic E-state index is 11.0. The van der Waals surface area contributed by atoms with Gasteiger partial charge in [0.2, 0.25) is 11.8 Å². The van der Waals surface area contributed by atoms with Crippen LogP contribution in [0.5, 0.6) is 0 Å². The molecule has 5 heteroatoms. The Labute approximate surface area is 123 Å². The highest BCUT2D eigenvalue weighted by Crippen LogP contribution is 1.81. The van der Waals surface area contributed by atoms with Gasteiger partial charge in [-0.1, -0.05) is 12.7 Å². The van der Waals surface area contributed by atoms with E-state index < -0.39 is 0 Å². The fraction of sp³-hybridized carbons (Fsp3) is 0.600. The second-order valence-corrected chi connectivity index (χ2v) is 5.20. The average Bonchev–Trinajstić information content (AvgIpc) is 2.27. The summed E-state index contributed by atoms with van der Waals surface area (Å²) in [7, 11) is 3.93. The Kier molecular flexibility index (Phi) is 12.8. The molecule has 0 aliphatic heterocycles. The highest BCUT2D eigenvalue weighted by molar-refractivity contribution is 5.87. The number of carbonyl (C=O) groups excluding carboxylic acids is 2. The van der Waals surface area contributed by atoms with Crippen molar-refractivity contribution in [3.8, 4) is 0 Å². The Morgan fingerprint density at radius 2 is 1.50 bits per heavy atom. The zero-order valence-electron chi connectivity index (χ0n) is 13.6. The molecule has 0 spiro atoms. The van der Waals surface area contributed by atoms with Crippen molar-refractivity contribution in [3.63, 3.8) is 0 Å². The molecule has 0 saturated carbocycles. The molecule has 0 unspecified atom stereocenters. The van der Waals surface area contributed by atoms with Gasteiger partial charge in [0, 0.05) is 24.7 Å². The van der Waals surface area contributed by atoms with Crippen LogP contribution >= 0.6 is 0 Å². The van der Waals surface area contributed by atoms with E-state index in [0.29, 0.717) is 0 Å². The van der Waals surface area contributed by atoms with Gasteiger partial charge in [-0.25, -0.2) is 0 Å². The van der Waals surface area contributed by atoms with Crippen molar-refractivity contribution < 1.29 is 9.59 Å². The van der Waals surface area contributed by atoms with Crippen molar-refractivity contribution in [1.82, 2.24) is 15.5 Å². The van der Waals surface area contributed by atoms with Gasteiger partial charge in [0.25, 0.3) is 0 Å². The van der Waals surface area contributed by atoms with Gasteiger partial charge in [-0.05, 0) is 47.9 Å². The molecule has 0 bridgehead atoms. The first-order chi connectivity index (χ1) is 9.18. The van der Waals surface area contributed by atoms with Crippen molar-refractivity contribution in [2.24, 2.45) is 0 Å². The summed E-state index contributed by atoms with van der Waals surface area (Å²) in [4.78, 5) is 23.4. The number of hydrogen-bond acceptors (Lipinski definition) is 3. The number of carbonyl (C=O) groups is 2. The molecular weight excluding hydrogens is 254 g/mol. The van der Waals surface area contributed by atoms with Crippen molar-refractivity contribution in [3.05, 3.63) is 24.8 Å². The van der Waals surface area contributed by atoms with Crippen LogP contribution in [0.3, 0.4) is 0 Å². The van der Waals surface area contributed by atoms with Crippen LogP contribution in [0, 0.1) is 0 Å². The van der Waals surface area contributed by atoms with Crippen molar-refractivity contribution in [1.29, 1.82) is 0 Å². The number of rotatable bonds is 6. The Balaban J connectivity index is 0. The summed E-state index contributed by atoms with van der Waals surface area (Å²) < 4.78 is 0. The Morgan fingerprint density at radius 1 is 1.05 bits per heavy atom. The molecule has 20 heavy (non-hydrogen) atoms. The molecular formula is C15H29N3O2. The smallest absolute Gasteiger partial charge is 0.243 e. The van der Waals surface area contributed by atoms with Crippen LogP contribution in [-0.4, -0.2) is 49.4 Å². The molecule has 0 fully saturated rings. The SMILES string of the molecule is C=CC(=O)NC(C)C.CC(C)NC(=O)/C=C/CN(C)C. The molecule has 0 saturated heterocycles. The minimum atomic E-state index is -0.111. The third kappa shape index (κ3) is 18.7. The Bertz CT molecular complexity index is 321. The normalized spacial score (nSPS) is 10.4. The fourth-order valence-corrected chi connectivity index (χ4v) is 1.05. The summed E-state index contributed by atoms with van der Waals surface area (Å²) in [5.74, 6) is -0.133. The highest BCUT2D eigenvalue weighted by atomic mass is 16.2. The zero-order valence-corrected chi connectivity index (χ0v) is 13.6. The first-order valence-electron chi connectivity index (χ1n) is 6.73. The van der Waals surface area contributed by atoms with Crippen molar-refractivity contribution in [2.45, 2.75) is 39.8 Å². The summed E-state index contributed by atoms with van der Waals surface area (Å²) in [5.41, 5.74) is 0. The summed E-state index contributed by atoms with van der Waals surface area (Å²) in [5, 5.41) is 5.41. The van der Waals surface area contributed by atoms with E-state index in [9.17, 15) is 9.59 Å². The van der Waals surface area contributed by atoms with E-state index in [-0.39, 0.29) is 23.9 Å². The molecule has 0 heterocycles. The molecule has 5 nitrogen and oxygen atoms in total. The lowest BCUT2D eigenvalue weighted by Crippen LogP contribution is -2.28. The molecule has 0 aliphatic rings. The minimum Gasteiger partial charge on any atom is -0.350 e. The van der Waals surface area contributed by atoms with E-state index in [4.69, 9.17) is 0 Å². The number of hydrogen-bond donors (Lipinski definition) is 2. The van der Waals surface area contributed by atoms with E-state index in [2.05, 4.69) is 17.2 Å². The van der Waals surface area contributed by atoms with Gasteiger partial charge in [0.1, 0.15) is 0 Å². The average molecular weight is 283 g/mol. The molecule has 0 atom stereocenters. The quantitative estimate of drug-likeness (QED) is 0.723. The molecule has 0 aromatic heterocycles. The second-order valence-electron chi connectivity index (χ2n) is 5.20. The second kappa shape index (κ2) is 12.4. The van der Waals surface area contributed by atoms with E-state index >= 15 is 0 Å². The molecule has 0 aliphatic carbocycles. The van der Waals surface area contributed by atoms with Gasteiger partial charge in [-0.15, -0.1) is 0 Å². The monoisotopic (exact) mass is 283 g/mol. The van der Waals surface area contributed by atoms with Crippen molar-refractivity contribution in [2.75, 3.05) is 20.6 Å². The molecule has 0 rings (SSSR count). The van der Waals surface area contributed by atoms with E-state index in [1.165, 1.54) is 6.08 Å². The van der Waals surface area contributed by atoms with Gasteiger partial charge in [-0.2, -0.15) is 0 Å². The summed E-state index contributed by atoms with van der Waals surface area (Å²) in [6, 6.07) is 0.419. The van der Waals surface area contributed by atoms with Gasteiger partial charge in [-0.3, -0.25) is 9.59 Å². The van der Waals surface area contributed by atoms with Crippen LogP contribution in [0.15, 0.2) is 24.8 Å². The summed E-state index contributed by atoms with van der Waals surface area (Å²) in [6.45, 7) is 11.8. The topological polar surface area (TPSA) is 61.4 Å². The fourth-order valence-electron chi connectivity index (χ4n) is 1.05. The molecule has 0 aromatic carbocycles. The largest absolute Gasteiger partial charge is 0.350 e. The molecule has 2 amide bonds. The first-order valence-corrected chi connectivity index (χ1v) is 6.73.